The van der Waals surface area contributed by atoms with Crippen molar-refractivity contribution < 1.29 is 4.74 Å². The lowest BCUT2D eigenvalue weighted by Crippen LogP contribution is -2.30. The van der Waals surface area contributed by atoms with Crippen LogP contribution in [0.4, 0.5) is 0 Å². The molecule has 1 saturated heterocycles. The average molecular weight is 166 g/mol. The molecular formula is C11H18O. The first-order valence-electron chi connectivity index (χ1n) is 4.87. The van der Waals surface area contributed by atoms with Crippen molar-refractivity contribution in [2.45, 2.75) is 45.3 Å². The van der Waals surface area contributed by atoms with Gasteiger partial charge in [-0.05, 0) is 38.5 Å². The Hall–Kier alpha value is -0.300. The molecule has 68 valence electrons. The van der Waals surface area contributed by atoms with Crippen LogP contribution in [0.1, 0.15) is 33.6 Å². The van der Waals surface area contributed by atoms with E-state index in [1.165, 1.54) is 18.4 Å². The molecule has 1 nitrogen and oxygen atoms in total. The number of hydrogen-bond acceptors (Lipinski definition) is 1. The maximum atomic E-state index is 5.72. The van der Waals surface area contributed by atoms with Gasteiger partial charge in [0, 0.05) is 0 Å². The fourth-order valence-electron chi connectivity index (χ4n) is 2.41. The normalized spacial score (nSPS) is 51.4. The number of hydrogen-bond donors (Lipinski definition) is 0. The SMILES string of the molecule is C=C(C)[C@H]1CC(C)[C@@]2(C)OC2C1. The highest BCUT2D eigenvalue weighted by Gasteiger charge is 2.59. The van der Waals surface area contributed by atoms with Gasteiger partial charge < -0.3 is 4.74 Å². The summed E-state index contributed by atoms with van der Waals surface area (Å²) in [5.74, 6) is 1.42. The van der Waals surface area contributed by atoms with E-state index in [0.29, 0.717) is 17.9 Å². The Morgan fingerprint density at radius 3 is 2.67 bits per heavy atom. The fourth-order valence-corrected chi connectivity index (χ4v) is 2.41. The predicted molar refractivity (Wildman–Crippen MR) is 50.0 cm³/mol. The summed E-state index contributed by atoms with van der Waals surface area (Å²) in [6.07, 6.45) is 3.00. The molecule has 12 heavy (non-hydrogen) atoms. The van der Waals surface area contributed by atoms with E-state index >= 15 is 0 Å². The molecule has 2 rings (SSSR count). The molecule has 0 aromatic heterocycles. The van der Waals surface area contributed by atoms with Gasteiger partial charge in [-0.1, -0.05) is 19.1 Å². The van der Waals surface area contributed by atoms with Gasteiger partial charge in [0.05, 0.1) is 11.7 Å². The van der Waals surface area contributed by atoms with Gasteiger partial charge in [0.1, 0.15) is 0 Å². The van der Waals surface area contributed by atoms with Crippen molar-refractivity contribution in [3.63, 3.8) is 0 Å². The van der Waals surface area contributed by atoms with Gasteiger partial charge in [-0.25, -0.2) is 0 Å². The van der Waals surface area contributed by atoms with Crippen LogP contribution in [0.2, 0.25) is 0 Å². The molecule has 0 aromatic carbocycles. The lowest BCUT2D eigenvalue weighted by molar-refractivity contribution is 0.231. The molecule has 0 spiro atoms. The minimum absolute atomic E-state index is 0.228. The summed E-state index contributed by atoms with van der Waals surface area (Å²) in [5, 5.41) is 0. The smallest absolute Gasteiger partial charge is 0.0946 e. The Labute approximate surface area is 74.8 Å². The summed E-state index contributed by atoms with van der Waals surface area (Å²) in [4.78, 5) is 0. The largest absolute Gasteiger partial charge is 0.366 e. The Morgan fingerprint density at radius 2 is 2.17 bits per heavy atom. The minimum atomic E-state index is 0.228. The molecule has 2 aliphatic rings. The molecule has 1 heteroatoms. The second kappa shape index (κ2) is 2.35. The number of allylic oxidation sites excluding steroid dienone is 1. The Balaban J connectivity index is 2.06. The molecule has 0 N–H and O–H groups in total. The third-order valence-electron chi connectivity index (χ3n) is 3.79. The van der Waals surface area contributed by atoms with Gasteiger partial charge in [0.15, 0.2) is 0 Å². The van der Waals surface area contributed by atoms with Crippen LogP contribution in [-0.4, -0.2) is 11.7 Å². The molecule has 1 heterocycles. The van der Waals surface area contributed by atoms with E-state index in [2.05, 4.69) is 27.4 Å². The van der Waals surface area contributed by atoms with Crippen LogP contribution in [0.5, 0.6) is 0 Å². The molecule has 1 aliphatic heterocycles. The molecule has 0 amide bonds. The first-order chi connectivity index (χ1) is 5.54. The second-order valence-corrected chi connectivity index (χ2v) is 4.71. The van der Waals surface area contributed by atoms with Crippen molar-refractivity contribution in [1.29, 1.82) is 0 Å². The zero-order valence-electron chi connectivity index (χ0n) is 8.26. The number of rotatable bonds is 1. The lowest BCUT2D eigenvalue weighted by atomic mass is 9.74. The summed E-state index contributed by atoms with van der Waals surface area (Å²) in [6, 6.07) is 0. The van der Waals surface area contributed by atoms with Gasteiger partial charge in [-0.3, -0.25) is 0 Å². The summed E-state index contributed by atoms with van der Waals surface area (Å²) in [6.45, 7) is 10.7. The van der Waals surface area contributed by atoms with E-state index in [1.54, 1.807) is 0 Å². The van der Waals surface area contributed by atoms with Crippen LogP contribution in [0, 0.1) is 11.8 Å². The Kier molecular flexibility index (Phi) is 1.63. The van der Waals surface area contributed by atoms with E-state index in [-0.39, 0.29) is 5.60 Å². The maximum Gasteiger partial charge on any atom is 0.0946 e. The number of ether oxygens (including phenoxy) is 1. The molecule has 4 atom stereocenters. The van der Waals surface area contributed by atoms with Crippen LogP contribution >= 0.6 is 0 Å². The van der Waals surface area contributed by atoms with Crippen LogP contribution < -0.4 is 0 Å². The number of epoxide rings is 1. The fraction of sp³-hybridized carbons (Fsp3) is 0.818. The highest BCUT2D eigenvalue weighted by molar-refractivity contribution is 5.12. The molecule has 0 radical (unpaired) electrons. The van der Waals surface area contributed by atoms with Crippen molar-refractivity contribution >= 4 is 0 Å². The highest BCUT2D eigenvalue weighted by Crippen LogP contribution is 2.53. The molecule has 2 unspecified atom stereocenters. The minimum Gasteiger partial charge on any atom is -0.366 e. The van der Waals surface area contributed by atoms with Crippen LogP contribution in [0.3, 0.4) is 0 Å². The highest BCUT2D eigenvalue weighted by atomic mass is 16.6. The van der Waals surface area contributed by atoms with E-state index in [4.69, 9.17) is 4.74 Å². The average Bonchev–Trinajstić information content (AvgIpc) is 2.62. The first-order valence-corrected chi connectivity index (χ1v) is 4.87. The van der Waals surface area contributed by atoms with E-state index in [1.807, 2.05) is 0 Å². The van der Waals surface area contributed by atoms with Crippen molar-refractivity contribution in [2.75, 3.05) is 0 Å². The quantitative estimate of drug-likeness (QED) is 0.431. The van der Waals surface area contributed by atoms with Gasteiger partial charge in [0.25, 0.3) is 0 Å². The summed E-state index contributed by atoms with van der Waals surface area (Å²) in [5.41, 5.74) is 1.56. The summed E-state index contributed by atoms with van der Waals surface area (Å²) in [7, 11) is 0. The Bertz CT molecular complexity index is 221. The lowest BCUT2D eigenvalue weighted by Gasteiger charge is -2.28. The van der Waals surface area contributed by atoms with Crippen molar-refractivity contribution in [1.82, 2.24) is 0 Å². The maximum absolute atomic E-state index is 5.72. The first kappa shape index (κ1) is 8.31. The van der Waals surface area contributed by atoms with Crippen LogP contribution in [0.25, 0.3) is 0 Å². The zero-order valence-corrected chi connectivity index (χ0v) is 8.26. The molecule has 0 bridgehead atoms. The Morgan fingerprint density at radius 1 is 1.50 bits per heavy atom. The van der Waals surface area contributed by atoms with Crippen molar-refractivity contribution in [2.24, 2.45) is 11.8 Å². The zero-order chi connectivity index (χ0) is 8.93. The topological polar surface area (TPSA) is 12.5 Å². The summed E-state index contributed by atoms with van der Waals surface area (Å²) >= 11 is 0. The summed E-state index contributed by atoms with van der Waals surface area (Å²) < 4.78 is 5.72. The molecular weight excluding hydrogens is 148 g/mol. The van der Waals surface area contributed by atoms with Crippen LogP contribution in [0.15, 0.2) is 12.2 Å². The monoisotopic (exact) mass is 166 g/mol. The second-order valence-electron chi connectivity index (χ2n) is 4.71. The third-order valence-corrected chi connectivity index (χ3v) is 3.79. The van der Waals surface area contributed by atoms with Gasteiger partial charge in [0.2, 0.25) is 0 Å². The van der Waals surface area contributed by atoms with Crippen molar-refractivity contribution in [3.8, 4) is 0 Å². The number of fused-ring (bicyclic) bond motifs is 1. The van der Waals surface area contributed by atoms with E-state index < -0.39 is 0 Å². The third kappa shape index (κ3) is 1.03. The van der Waals surface area contributed by atoms with Gasteiger partial charge in [-0.15, -0.1) is 0 Å². The van der Waals surface area contributed by atoms with Crippen molar-refractivity contribution in [3.05, 3.63) is 12.2 Å². The van der Waals surface area contributed by atoms with Gasteiger partial charge in [-0.2, -0.15) is 0 Å². The molecule has 1 saturated carbocycles. The van der Waals surface area contributed by atoms with E-state index in [9.17, 15) is 0 Å². The molecule has 1 aliphatic carbocycles. The van der Waals surface area contributed by atoms with Gasteiger partial charge >= 0.3 is 0 Å². The van der Waals surface area contributed by atoms with E-state index in [0.717, 1.165) is 0 Å². The standard InChI is InChI=1S/C11H18O/c1-7(2)9-5-8(3)11(4)10(6-9)12-11/h8-10H,1,5-6H2,2-4H3/t8?,9-,10?,11+/m0/s1. The van der Waals surface area contributed by atoms with Crippen LogP contribution in [-0.2, 0) is 4.74 Å². The molecule has 2 fully saturated rings. The predicted octanol–water partition coefficient (Wildman–Crippen LogP) is 2.77. The molecule has 0 aromatic rings.